The van der Waals surface area contributed by atoms with Gasteiger partial charge in [0.25, 0.3) is 0 Å². The molecule has 0 heterocycles. The molecular weight excluding hydrogens is 232 g/mol. The Labute approximate surface area is 112 Å². The van der Waals surface area contributed by atoms with Crippen LogP contribution in [-0.2, 0) is 0 Å². The van der Waals surface area contributed by atoms with Crippen molar-refractivity contribution in [3.63, 3.8) is 0 Å². The number of hydrogen-bond donors (Lipinski definition) is 4. The molecule has 4 heteroatoms. The maximum Gasteiger partial charge on any atom is 0.162 e. The normalized spacial score (nSPS) is 21.0. The molecule has 2 rings (SSSR count). The van der Waals surface area contributed by atoms with Crippen LogP contribution in [0.2, 0.25) is 0 Å². The molecule has 0 aliphatic heterocycles. The summed E-state index contributed by atoms with van der Waals surface area (Å²) in [5.74, 6) is -1.32. The lowest BCUT2D eigenvalue weighted by Gasteiger charge is -2.25. The minimum absolute atomic E-state index is 0.562. The first-order chi connectivity index (χ1) is 8.71. The number of hydrogen-bond acceptors (Lipinski definition) is 4. The molecule has 4 N–H and O–H groups in total. The SMILES string of the molecule is C1CCCCC1.CO.CO.OC1(O)CCCCC1. The Morgan fingerprint density at radius 2 is 0.722 bits per heavy atom. The average Bonchev–Trinajstić information content (AvgIpc) is 2.45. The van der Waals surface area contributed by atoms with E-state index in [4.69, 9.17) is 20.4 Å². The van der Waals surface area contributed by atoms with Crippen LogP contribution in [0.3, 0.4) is 0 Å². The molecule has 2 aliphatic carbocycles. The number of aliphatic hydroxyl groups is 4. The van der Waals surface area contributed by atoms with Crippen molar-refractivity contribution in [2.75, 3.05) is 14.2 Å². The zero-order chi connectivity index (χ0) is 14.3. The van der Waals surface area contributed by atoms with Crippen molar-refractivity contribution in [1.29, 1.82) is 0 Å². The van der Waals surface area contributed by atoms with E-state index in [1.54, 1.807) is 0 Å². The van der Waals surface area contributed by atoms with E-state index in [-0.39, 0.29) is 0 Å². The van der Waals surface area contributed by atoms with E-state index in [1.807, 2.05) is 0 Å². The van der Waals surface area contributed by atoms with Gasteiger partial charge in [0.1, 0.15) is 0 Å². The zero-order valence-electron chi connectivity index (χ0n) is 12.1. The summed E-state index contributed by atoms with van der Waals surface area (Å²) in [7, 11) is 2.00. The summed E-state index contributed by atoms with van der Waals surface area (Å²) in [6.07, 6.45) is 13.2. The topological polar surface area (TPSA) is 80.9 Å². The van der Waals surface area contributed by atoms with Gasteiger partial charge in [-0.05, 0) is 12.8 Å². The van der Waals surface area contributed by atoms with Gasteiger partial charge in [-0.2, -0.15) is 0 Å². The lowest BCUT2D eigenvalue weighted by molar-refractivity contribution is -0.180. The van der Waals surface area contributed by atoms with Crippen molar-refractivity contribution in [3.05, 3.63) is 0 Å². The van der Waals surface area contributed by atoms with Gasteiger partial charge in [0.15, 0.2) is 5.79 Å². The molecule has 0 saturated heterocycles. The van der Waals surface area contributed by atoms with Crippen molar-refractivity contribution < 1.29 is 20.4 Å². The Balaban J connectivity index is 0. The average molecular weight is 264 g/mol. The minimum atomic E-state index is -1.32. The summed E-state index contributed by atoms with van der Waals surface area (Å²) in [5, 5.41) is 31.9. The first kappa shape index (κ1) is 20.2. The first-order valence-electron chi connectivity index (χ1n) is 7.05. The lowest BCUT2D eigenvalue weighted by atomic mass is 9.95. The van der Waals surface area contributed by atoms with Crippen LogP contribution < -0.4 is 0 Å². The highest BCUT2D eigenvalue weighted by atomic mass is 16.5. The molecule has 0 aromatic rings. The van der Waals surface area contributed by atoms with Gasteiger partial charge in [0, 0.05) is 27.1 Å². The van der Waals surface area contributed by atoms with Crippen molar-refractivity contribution in [3.8, 4) is 0 Å². The van der Waals surface area contributed by atoms with Crippen LogP contribution in [0.25, 0.3) is 0 Å². The fourth-order valence-corrected chi connectivity index (χ4v) is 2.18. The molecule has 0 atom stereocenters. The Kier molecular flexibility index (Phi) is 16.7. The highest BCUT2D eigenvalue weighted by Gasteiger charge is 2.24. The van der Waals surface area contributed by atoms with Crippen molar-refractivity contribution in [2.45, 2.75) is 76.4 Å². The minimum Gasteiger partial charge on any atom is -0.400 e. The molecule has 112 valence electrons. The van der Waals surface area contributed by atoms with E-state index in [1.165, 1.54) is 38.5 Å². The van der Waals surface area contributed by atoms with Gasteiger partial charge < -0.3 is 20.4 Å². The van der Waals surface area contributed by atoms with Crippen LogP contribution in [0.4, 0.5) is 0 Å². The maximum absolute atomic E-state index is 8.93. The van der Waals surface area contributed by atoms with Gasteiger partial charge in [-0.3, -0.25) is 0 Å². The van der Waals surface area contributed by atoms with Crippen molar-refractivity contribution >= 4 is 0 Å². The van der Waals surface area contributed by atoms with Crippen LogP contribution in [0, 0.1) is 0 Å². The molecule has 0 unspecified atom stereocenters. The third-order valence-electron chi connectivity index (χ3n) is 3.15. The molecule has 0 spiro atoms. The van der Waals surface area contributed by atoms with E-state index in [9.17, 15) is 0 Å². The smallest absolute Gasteiger partial charge is 0.162 e. The summed E-state index contributed by atoms with van der Waals surface area (Å²) in [4.78, 5) is 0. The predicted molar refractivity (Wildman–Crippen MR) is 74.2 cm³/mol. The number of rotatable bonds is 0. The third-order valence-corrected chi connectivity index (χ3v) is 3.15. The zero-order valence-corrected chi connectivity index (χ0v) is 12.1. The van der Waals surface area contributed by atoms with Crippen LogP contribution in [0.5, 0.6) is 0 Å². The van der Waals surface area contributed by atoms with E-state index >= 15 is 0 Å². The van der Waals surface area contributed by atoms with Gasteiger partial charge in [-0.15, -0.1) is 0 Å². The second-order valence-electron chi connectivity index (χ2n) is 4.66. The van der Waals surface area contributed by atoms with E-state index in [0.29, 0.717) is 12.8 Å². The molecule has 2 saturated carbocycles. The molecule has 4 nitrogen and oxygen atoms in total. The Hall–Kier alpha value is -0.160. The van der Waals surface area contributed by atoms with Gasteiger partial charge in [-0.1, -0.05) is 44.9 Å². The molecule has 2 fully saturated rings. The molecule has 0 aromatic carbocycles. The Bertz CT molecular complexity index is 125. The van der Waals surface area contributed by atoms with Crippen molar-refractivity contribution in [2.24, 2.45) is 0 Å². The summed E-state index contributed by atoms with van der Waals surface area (Å²) < 4.78 is 0. The molecule has 2 aliphatic rings. The quantitative estimate of drug-likeness (QED) is 0.506. The second kappa shape index (κ2) is 14.9. The van der Waals surface area contributed by atoms with Crippen LogP contribution >= 0.6 is 0 Å². The molecule has 0 aromatic heterocycles. The number of aliphatic hydroxyl groups excluding tert-OH is 2. The van der Waals surface area contributed by atoms with E-state index < -0.39 is 5.79 Å². The molecular formula is C14H32O4. The summed E-state index contributed by atoms with van der Waals surface area (Å²) in [6, 6.07) is 0. The fraction of sp³-hybridized carbons (Fsp3) is 1.00. The van der Waals surface area contributed by atoms with Gasteiger partial charge in [-0.25, -0.2) is 0 Å². The second-order valence-corrected chi connectivity index (χ2v) is 4.66. The maximum atomic E-state index is 8.93. The van der Waals surface area contributed by atoms with Crippen LogP contribution in [0.15, 0.2) is 0 Å². The molecule has 0 bridgehead atoms. The highest BCUT2D eigenvalue weighted by Crippen LogP contribution is 2.24. The first-order valence-corrected chi connectivity index (χ1v) is 7.05. The monoisotopic (exact) mass is 264 g/mol. The predicted octanol–water partition coefficient (Wildman–Crippen LogP) is 2.19. The van der Waals surface area contributed by atoms with Gasteiger partial charge in [0.05, 0.1) is 0 Å². The third kappa shape index (κ3) is 13.9. The Morgan fingerprint density at radius 1 is 0.500 bits per heavy atom. The van der Waals surface area contributed by atoms with Crippen LogP contribution in [0.1, 0.15) is 70.6 Å². The van der Waals surface area contributed by atoms with Crippen LogP contribution in [-0.4, -0.2) is 40.4 Å². The van der Waals surface area contributed by atoms with Gasteiger partial charge >= 0.3 is 0 Å². The summed E-state index contributed by atoms with van der Waals surface area (Å²) >= 11 is 0. The summed E-state index contributed by atoms with van der Waals surface area (Å²) in [5.41, 5.74) is 0. The highest BCUT2D eigenvalue weighted by molar-refractivity contribution is 4.69. The molecule has 18 heavy (non-hydrogen) atoms. The fourth-order valence-electron chi connectivity index (χ4n) is 2.18. The standard InChI is InChI=1S/C6H12O2.C6H12.2CH4O/c7-6(8)4-2-1-3-5-6;1-2-4-6-5-3-1;2*1-2/h7-8H,1-5H2;1-6H2;2*2H,1H3. The summed E-state index contributed by atoms with van der Waals surface area (Å²) in [6.45, 7) is 0. The largest absolute Gasteiger partial charge is 0.400 e. The van der Waals surface area contributed by atoms with Gasteiger partial charge in [0.2, 0.25) is 0 Å². The lowest BCUT2D eigenvalue weighted by Crippen LogP contribution is -2.30. The molecule has 0 amide bonds. The molecule has 0 radical (unpaired) electrons. The van der Waals surface area contributed by atoms with E-state index in [2.05, 4.69) is 0 Å². The van der Waals surface area contributed by atoms with Crippen molar-refractivity contribution in [1.82, 2.24) is 0 Å². The van der Waals surface area contributed by atoms with E-state index in [0.717, 1.165) is 33.5 Å². The Morgan fingerprint density at radius 3 is 0.889 bits per heavy atom.